The number of aryl methyl sites for hydroxylation is 1. The Balaban J connectivity index is 2.47. The van der Waals surface area contributed by atoms with Crippen LogP contribution in [-0.2, 0) is 4.79 Å². The smallest absolute Gasteiger partial charge is 0.304 e. The Morgan fingerprint density at radius 3 is 2.71 bits per heavy atom. The fourth-order valence-corrected chi connectivity index (χ4v) is 1.43. The zero-order valence-corrected chi connectivity index (χ0v) is 10.3. The van der Waals surface area contributed by atoms with Crippen molar-refractivity contribution in [3.63, 3.8) is 0 Å². The monoisotopic (exact) mass is 255 g/mol. The molecule has 0 bridgehead atoms. The molecule has 92 valence electrons. The Hall–Kier alpha value is -1.39. The maximum Gasteiger partial charge on any atom is 0.304 e. The van der Waals surface area contributed by atoms with Crippen LogP contribution in [0.15, 0.2) is 18.2 Å². The highest BCUT2D eigenvalue weighted by atomic mass is 35.5. The average molecular weight is 256 g/mol. The molecule has 1 aromatic carbocycles. The normalized spacial score (nSPS) is 10.2. The van der Waals surface area contributed by atoms with Gasteiger partial charge in [-0.1, -0.05) is 11.6 Å². The number of carboxylic acids is 1. The fourth-order valence-electron chi connectivity index (χ4n) is 1.32. The number of carbonyl (C=O) groups is 2. The first-order chi connectivity index (χ1) is 8.00. The minimum atomic E-state index is -0.882. The van der Waals surface area contributed by atoms with Crippen molar-refractivity contribution >= 4 is 23.4 Å². The summed E-state index contributed by atoms with van der Waals surface area (Å²) >= 11 is 5.85. The van der Waals surface area contributed by atoms with Gasteiger partial charge in [0.2, 0.25) is 0 Å². The molecule has 0 fully saturated rings. The Bertz CT molecular complexity index is 432. The van der Waals surface area contributed by atoms with Crippen LogP contribution in [0, 0.1) is 6.92 Å². The lowest BCUT2D eigenvalue weighted by Gasteiger charge is -2.04. The molecule has 0 saturated carbocycles. The quantitative estimate of drug-likeness (QED) is 0.602. The number of hydrogen-bond acceptors (Lipinski definition) is 3. The molecule has 0 aliphatic rings. The van der Waals surface area contributed by atoms with Crippen molar-refractivity contribution in [1.82, 2.24) is 5.32 Å². The average Bonchev–Trinajstić information content (AvgIpc) is 2.27. The molecule has 1 rings (SSSR count). The Kier molecular flexibility index (Phi) is 5.12. The van der Waals surface area contributed by atoms with E-state index in [1.54, 1.807) is 18.2 Å². The number of carbonyl (C=O) groups excluding carboxylic acids is 1. The zero-order valence-electron chi connectivity index (χ0n) is 9.50. The fraction of sp³-hybridized carbons (Fsp3) is 0.333. The second-order valence-corrected chi connectivity index (χ2v) is 4.11. The minimum Gasteiger partial charge on any atom is -0.481 e. The van der Waals surface area contributed by atoms with Gasteiger partial charge in [-0.05, 0) is 30.7 Å². The van der Waals surface area contributed by atoms with E-state index in [2.05, 4.69) is 5.32 Å². The van der Waals surface area contributed by atoms with Crippen LogP contribution in [0.5, 0.6) is 0 Å². The van der Waals surface area contributed by atoms with Gasteiger partial charge in [0.05, 0.1) is 13.0 Å². The highest BCUT2D eigenvalue weighted by Crippen LogP contribution is 2.16. The summed E-state index contributed by atoms with van der Waals surface area (Å²) in [6, 6.07) is 5.07. The van der Waals surface area contributed by atoms with Gasteiger partial charge in [0.25, 0.3) is 0 Å². The van der Waals surface area contributed by atoms with E-state index < -0.39 is 5.97 Å². The molecule has 0 aliphatic carbocycles. The lowest BCUT2D eigenvalue weighted by atomic mass is 10.1. The van der Waals surface area contributed by atoms with Crippen molar-refractivity contribution in [3.05, 3.63) is 34.3 Å². The maximum atomic E-state index is 11.7. The van der Waals surface area contributed by atoms with Gasteiger partial charge in [-0.3, -0.25) is 9.59 Å². The summed E-state index contributed by atoms with van der Waals surface area (Å²) in [6.07, 6.45) is 0.00687. The van der Waals surface area contributed by atoms with Gasteiger partial charge in [0.1, 0.15) is 0 Å². The first-order valence-corrected chi connectivity index (χ1v) is 5.60. The highest BCUT2D eigenvalue weighted by Gasteiger charge is 2.07. The number of carboxylic acid groups (broad SMARTS) is 1. The lowest BCUT2D eigenvalue weighted by molar-refractivity contribution is -0.136. The van der Waals surface area contributed by atoms with Gasteiger partial charge in [-0.25, -0.2) is 0 Å². The molecule has 0 heterocycles. The highest BCUT2D eigenvalue weighted by molar-refractivity contribution is 6.31. The number of aliphatic carboxylic acids is 1. The summed E-state index contributed by atoms with van der Waals surface area (Å²) in [5.74, 6) is -0.956. The van der Waals surface area contributed by atoms with Crippen LogP contribution in [0.2, 0.25) is 5.02 Å². The zero-order chi connectivity index (χ0) is 12.8. The summed E-state index contributed by atoms with van der Waals surface area (Å²) in [7, 11) is 0. The molecule has 0 saturated heterocycles. The van der Waals surface area contributed by atoms with Gasteiger partial charge >= 0.3 is 5.97 Å². The van der Waals surface area contributed by atoms with E-state index in [1.807, 2.05) is 6.92 Å². The van der Waals surface area contributed by atoms with Crippen LogP contribution in [0.3, 0.4) is 0 Å². The molecule has 4 nitrogen and oxygen atoms in total. The van der Waals surface area contributed by atoms with Crippen molar-refractivity contribution in [2.24, 2.45) is 0 Å². The van der Waals surface area contributed by atoms with Crippen LogP contribution in [0.25, 0.3) is 0 Å². The van der Waals surface area contributed by atoms with Crippen LogP contribution >= 0.6 is 11.6 Å². The minimum absolute atomic E-state index is 0.00687. The summed E-state index contributed by atoms with van der Waals surface area (Å²) in [5, 5.41) is 11.8. The maximum absolute atomic E-state index is 11.7. The molecule has 0 spiro atoms. The molecule has 0 amide bonds. The number of nitrogens with one attached hydrogen (secondary N) is 1. The number of hydrogen-bond donors (Lipinski definition) is 2. The van der Waals surface area contributed by atoms with Crippen molar-refractivity contribution in [1.29, 1.82) is 0 Å². The van der Waals surface area contributed by atoms with Crippen molar-refractivity contribution in [3.8, 4) is 0 Å². The Morgan fingerprint density at radius 1 is 1.41 bits per heavy atom. The molecule has 0 aliphatic heterocycles. The van der Waals surface area contributed by atoms with Gasteiger partial charge in [0, 0.05) is 17.1 Å². The van der Waals surface area contributed by atoms with E-state index in [0.29, 0.717) is 10.6 Å². The molecule has 5 heteroatoms. The Morgan fingerprint density at radius 2 is 2.12 bits per heavy atom. The number of ketones is 1. The molecule has 0 radical (unpaired) electrons. The topological polar surface area (TPSA) is 66.4 Å². The predicted octanol–water partition coefficient (Wildman–Crippen LogP) is 1.90. The van der Waals surface area contributed by atoms with E-state index in [-0.39, 0.29) is 25.3 Å². The summed E-state index contributed by atoms with van der Waals surface area (Å²) in [4.78, 5) is 22.0. The van der Waals surface area contributed by atoms with Crippen LogP contribution in [-0.4, -0.2) is 29.9 Å². The summed E-state index contributed by atoms with van der Waals surface area (Å²) < 4.78 is 0. The molecule has 0 aromatic heterocycles. The van der Waals surface area contributed by atoms with Gasteiger partial charge in [-0.2, -0.15) is 0 Å². The van der Waals surface area contributed by atoms with Crippen molar-refractivity contribution in [2.75, 3.05) is 13.1 Å². The number of rotatable bonds is 6. The van der Waals surface area contributed by atoms with Crippen LogP contribution in [0.4, 0.5) is 0 Å². The number of benzene rings is 1. The number of Topliss-reactive ketones (excluding diaryl/α,β-unsaturated/α-hetero) is 1. The van der Waals surface area contributed by atoms with Gasteiger partial charge < -0.3 is 10.4 Å². The largest absolute Gasteiger partial charge is 0.481 e. The van der Waals surface area contributed by atoms with E-state index in [9.17, 15) is 9.59 Å². The molecular weight excluding hydrogens is 242 g/mol. The second-order valence-electron chi connectivity index (χ2n) is 3.71. The third kappa shape index (κ3) is 4.54. The lowest BCUT2D eigenvalue weighted by Crippen LogP contribution is -2.25. The van der Waals surface area contributed by atoms with Crippen molar-refractivity contribution in [2.45, 2.75) is 13.3 Å². The summed E-state index contributed by atoms with van der Waals surface area (Å²) in [5.41, 5.74) is 1.43. The SMILES string of the molecule is Cc1cc(C(=O)CNCCC(=O)O)ccc1Cl. The predicted molar refractivity (Wildman–Crippen MR) is 65.6 cm³/mol. The van der Waals surface area contributed by atoms with Crippen LogP contribution < -0.4 is 5.32 Å². The molecular formula is C12H14ClNO3. The van der Waals surface area contributed by atoms with Crippen LogP contribution in [0.1, 0.15) is 22.3 Å². The Labute approximate surface area is 105 Å². The van der Waals surface area contributed by atoms with E-state index >= 15 is 0 Å². The summed E-state index contributed by atoms with van der Waals surface area (Å²) in [6.45, 7) is 2.25. The third-order valence-electron chi connectivity index (χ3n) is 2.28. The number of halogens is 1. The van der Waals surface area contributed by atoms with E-state index in [1.165, 1.54) is 0 Å². The second kappa shape index (κ2) is 6.37. The standard InChI is InChI=1S/C12H14ClNO3/c1-8-6-9(2-3-10(8)13)11(15)7-14-5-4-12(16)17/h2-3,6,14H,4-5,7H2,1H3,(H,16,17). The molecule has 17 heavy (non-hydrogen) atoms. The molecule has 0 unspecified atom stereocenters. The molecule has 0 atom stereocenters. The van der Waals surface area contributed by atoms with E-state index in [0.717, 1.165) is 5.56 Å². The van der Waals surface area contributed by atoms with Crippen molar-refractivity contribution < 1.29 is 14.7 Å². The van der Waals surface area contributed by atoms with E-state index in [4.69, 9.17) is 16.7 Å². The molecule has 1 aromatic rings. The third-order valence-corrected chi connectivity index (χ3v) is 2.71. The van der Waals surface area contributed by atoms with Gasteiger partial charge in [-0.15, -0.1) is 0 Å². The molecule has 2 N–H and O–H groups in total. The van der Waals surface area contributed by atoms with Gasteiger partial charge in [0.15, 0.2) is 5.78 Å². The first-order valence-electron chi connectivity index (χ1n) is 5.22. The first kappa shape index (κ1) is 13.7.